The van der Waals surface area contributed by atoms with Crippen LogP contribution in [-0.2, 0) is 19.4 Å². The first-order chi connectivity index (χ1) is 9.71. The number of nitrogens with zero attached hydrogens (tertiary/aromatic N) is 2. The van der Waals surface area contributed by atoms with Crippen molar-refractivity contribution in [3.05, 3.63) is 17.5 Å². The average molecular weight is 277 g/mol. The zero-order valence-electron chi connectivity index (χ0n) is 13.7. The number of hydrogen-bond donors (Lipinski definition) is 1. The molecule has 3 atom stereocenters. The van der Waals surface area contributed by atoms with Gasteiger partial charge in [0.1, 0.15) is 0 Å². The van der Waals surface area contributed by atoms with Crippen LogP contribution in [0.3, 0.4) is 0 Å². The van der Waals surface area contributed by atoms with Gasteiger partial charge in [-0.1, -0.05) is 20.3 Å². The molecule has 20 heavy (non-hydrogen) atoms. The van der Waals surface area contributed by atoms with Gasteiger partial charge < -0.3 is 5.32 Å². The monoisotopic (exact) mass is 277 g/mol. The van der Waals surface area contributed by atoms with Gasteiger partial charge >= 0.3 is 0 Å². The second-order valence-electron chi connectivity index (χ2n) is 6.24. The van der Waals surface area contributed by atoms with Crippen molar-refractivity contribution in [2.45, 2.75) is 71.9 Å². The standard InChI is InChI=1S/C17H31N3/c1-5-13-8-9-17(18-4)14(10-13)11-16-12-15(6-2)19-20(16)7-3/h12-14,17-18H,5-11H2,1-4H3. The van der Waals surface area contributed by atoms with Gasteiger partial charge in [-0.3, -0.25) is 4.68 Å². The Labute approximate surface area is 124 Å². The number of nitrogens with one attached hydrogen (secondary N) is 1. The fourth-order valence-corrected chi connectivity index (χ4v) is 3.73. The minimum absolute atomic E-state index is 0.683. The Morgan fingerprint density at radius 3 is 2.70 bits per heavy atom. The third kappa shape index (κ3) is 3.43. The van der Waals surface area contributed by atoms with Gasteiger partial charge in [-0.15, -0.1) is 0 Å². The first kappa shape index (κ1) is 15.6. The average Bonchev–Trinajstić information content (AvgIpc) is 2.89. The molecule has 0 aromatic carbocycles. The minimum atomic E-state index is 0.683. The highest BCUT2D eigenvalue weighted by atomic mass is 15.3. The maximum absolute atomic E-state index is 4.70. The van der Waals surface area contributed by atoms with E-state index in [1.165, 1.54) is 43.5 Å². The maximum Gasteiger partial charge on any atom is 0.0624 e. The fraction of sp³-hybridized carbons (Fsp3) is 0.824. The van der Waals surface area contributed by atoms with Crippen molar-refractivity contribution in [2.24, 2.45) is 11.8 Å². The zero-order valence-corrected chi connectivity index (χ0v) is 13.7. The van der Waals surface area contributed by atoms with E-state index in [1.807, 2.05) is 0 Å². The Bertz CT molecular complexity index is 410. The molecule has 0 aliphatic heterocycles. The summed E-state index contributed by atoms with van der Waals surface area (Å²) in [7, 11) is 2.12. The smallest absolute Gasteiger partial charge is 0.0624 e. The lowest BCUT2D eigenvalue weighted by atomic mass is 9.75. The molecule has 1 N–H and O–H groups in total. The Morgan fingerprint density at radius 1 is 1.30 bits per heavy atom. The lowest BCUT2D eigenvalue weighted by molar-refractivity contribution is 0.202. The molecule has 3 nitrogen and oxygen atoms in total. The van der Waals surface area contributed by atoms with E-state index in [9.17, 15) is 0 Å². The molecule has 1 saturated carbocycles. The highest BCUT2D eigenvalue weighted by molar-refractivity contribution is 5.12. The van der Waals surface area contributed by atoms with Crippen molar-refractivity contribution in [3.63, 3.8) is 0 Å². The molecule has 1 aromatic rings. The van der Waals surface area contributed by atoms with Gasteiger partial charge in [0.25, 0.3) is 0 Å². The third-order valence-electron chi connectivity index (χ3n) is 5.09. The molecule has 1 heterocycles. The number of rotatable bonds is 6. The second-order valence-corrected chi connectivity index (χ2v) is 6.24. The van der Waals surface area contributed by atoms with Crippen LogP contribution in [0.2, 0.25) is 0 Å². The quantitative estimate of drug-likeness (QED) is 0.863. The molecule has 2 rings (SSSR count). The van der Waals surface area contributed by atoms with E-state index in [1.54, 1.807) is 0 Å². The molecule has 114 valence electrons. The number of aromatic nitrogens is 2. The summed E-state index contributed by atoms with van der Waals surface area (Å²) < 4.78 is 2.21. The van der Waals surface area contributed by atoms with Crippen molar-refractivity contribution in [1.82, 2.24) is 15.1 Å². The lowest BCUT2D eigenvalue weighted by Crippen LogP contribution is -2.40. The van der Waals surface area contributed by atoms with Crippen molar-refractivity contribution in [1.29, 1.82) is 0 Å². The molecule has 3 heteroatoms. The molecule has 3 unspecified atom stereocenters. The first-order valence-electron chi connectivity index (χ1n) is 8.44. The summed E-state index contributed by atoms with van der Waals surface area (Å²) in [6.45, 7) is 7.72. The topological polar surface area (TPSA) is 29.9 Å². The van der Waals surface area contributed by atoms with Gasteiger partial charge in [0.05, 0.1) is 5.69 Å². The summed E-state index contributed by atoms with van der Waals surface area (Å²) in [5.41, 5.74) is 2.68. The second kappa shape index (κ2) is 7.26. The van der Waals surface area contributed by atoms with Crippen LogP contribution < -0.4 is 5.32 Å². The predicted octanol–water partition coefficient (Wildman–Crippen LogP) is 3.42. The summed E-state index contributed by atoms with van der Waals surface area (Å²) in [5.74, 6) is 1.69. The van der Waals surface area contributed by atoms with Gasteiger partial charge in [0.2, 0.25) is 0 Å². The Hall–Kier alpha value is -0.830. The summed E-state index contributed by atoms with van der Waals surface area (Å²) in [5, 5.41) is 8.25. The van der Waals surface area contributed by atoms with Crippen LogP contribution >= 0.6 is 0 Å². The van der Waals surface area contributed by atoms with Crippen molar-refractivity contribution >= 4 is 0 Å². The molecular formula is C17H31N3. The summed E-state index contributed by atoms with van der Waals surface area (Å²) in [6, 6.07) is 3.01. The van der Waals surface area contributed by atoms with E-state index in [2.05, 4.69) is 43.9 Å². The largest absolute Gasteiger partial charge is 0.317 e. The highest BCUT2D eigenvalue weighted by Gasteiger charge is 2.29. The highest BCUT2D eigenvalue weighted by Crippen LogP contribution is 2.33. The summed E-state index contributed by atoms with van der Waals surface area (Å²) >= 11 is 0. The van der Waals surface area contributed by atoms with E-state index in [0.29, 0.717) is 6.04 Å². The van der Waals surface area contributed by atoms with Crippen LogP contribution in [0.25, 0.3) is 0 Å². The number of aryl methyl sites for hydroxylation is 2. The molecule has 0 radical (unpaired) electrons. The molecule has 0 saturated heterocycles. The van der Waals surface area contributed by atoms with Gasteiger partial charge in [-0.05, 0) is 64.0 Å². The fourth-order valence-electron chi connectivity index (χ4n) is 3.73. The van der Waals surface area contributed by atoms with E-state index in [0.717, 1.165) is 24.8 Å². The molecule has 1 aliphatic rings. The van der Waals surface area contributed by atoms with Gasteiger partial charge in [0, 0.05) is 18.3 Å². The van der Waals surface area contributed by atoms with Crippen LogP contribution in [0.5, 0.6) is 0 Å². The van der Waals surface area contributed by atoms with E-state index in [4.69, 9.17) is 5.10 Å². The molecule has 0 spiro atoms. The maximum atomic E-state index is 4.70. The van der Waals surface area contributed by atoms with E-state index in [-0.39, 0.29) is 0 Å². The predicted molar refractivity (Wildman–Crippen MR) is 85.0 cm³/mol. The van der Waals surface area contributed by atoms with Crippen LogP contribution in [0.1, 0.15) is 57.8 Å². The van der Waals surface area contributed by atoms with Crippen molar-refractivity contribution < 1.29 is 0 Å². The Balaban J connectivity index is 2.11. The SMILES string of the molecule is CCc1cc(CC2CC(CC)CCC2NC)n(CC)n1. The summed E-state index contributed by atoms with van der Waals surface area (Å²) in [6.07, 6.45) is 7.66. The third-order valence-corrected chi connectivity index (χ3v) is 5.09. The van der Waals surface area contributed by atoms with Gasteiger partial charge in [-0.2, -0.15) is 5.10 Å². The molecule has 1 aromatic heterocycles. The van der Waals surface area contributed by atoms with Crippen molar-refractivity contribution in [3.8, 4) is 0 Å². The molecule has 0 amide bonds. The van der Waals surface area contributed by atoms with E-state index >= 15 is 0 Å². The Kier molecular flexibility index (Phi) is 5.64. The van der Waals surface area contributed by atoms with E-state index < -0.39 is 0 Å². The first-order valence-corrected chi connectivity index (χ1v) is 8.44. The lowest BCUT2D eigenvalue weighted by Gasteiger charge is -2.36. The molecule has 1 fully saturated rings. The number of hydrogen-bond acceptors (Lipinski definition) is 2. The minimum Gasteiger partial charge on any atom is -0.317 e. The molecule has 1 aliphatic carbocycles. The molecule has 0 bridgehead atoms. The van der Waals surface area contributed by atoms with Crippen LogP contribution in [0.4, 0.5) is 0 Å². The Morgan fingerprint density at radius 2 is 2.10 bits per heavy atom. The summed E-state index contributed by atoms with van der Waals surface area (Å²) in [4.78, 5) is 0. The normalized spacial score (nSPS) is 26.9. The van der Waals surface area contributed by atoms with Gasteiger partial charge in [0.15, 0.2) is 0 Å². The zero-order chi connectivity index (χ0) is 14.5. The van der Waals surface area contributed by atoms with Crippen LogP contribution in [-0.4, -0.2) is 22.9 Å². The van der Waals surface area contributed by atoms with Crippen LogP contribution in [0.15, 0.2) is 6.07 Å². The molecular weight excluding hydrogens is 246 g/mol. The van der Waals surface area contributed by atoms with Gasteiger partial charge in [-0.25, -0.2) is 0 Å². The van der Waals surface area contributed by atoms with Crippen molar-refractivity contribution in [2.75, 3.05) is 7.05 Å². The van der Waals surface area contributed by atoms with Crippen LogP contribution in [0, 0.1) is 11.8 Å².